The SMILES string of the molecule is CCCCC1(CCCC)CCC(OOC(C)(C)OOC2CCC(CCCC)(CCCC)CC2)CC1. The number of hydrogen-bond donors (Lipinski definition) is 0. The minimum absolute atomic E-state index is 0.168. The molecule has 35 heavy (non-hydrogen) atoms. The van der Waals surface area contributed by atoms with Crippen molar-refractivity contribution in [2.75, 3.05) is 0 Å². The third-order valence-electron chi connectivity index (χ3n) is 9.00. The van der Waals surface area contributed by atoms with Crippen LogP contribution in [0.25, 0.3) is 0 Å². The monoisotopic (exact) mass is 496 g/mol. The van der Waals surface area contributed by atoms with Crippen LogP contribution in [0.5, 0.6) is 0 Å². The Kier molecular flexibility index (Phi) is 14.2. The van der Waals surface area contributed by atoms with E-state index >= 15 is 0 Å². The first kappa shape index (κ1) is 31.1. The molecule has 0 amide bonds. The predicted molar refractivity (Wildman–Crippen MR) is 146 cm³/mol. The minimum Gasteiger partial charge on any atom is -0.230 e. The maximum Gasteiger partial charge on any atom is 0.228 e. The molecule has 0 radical (unpaired) electrons. The van der Waals surface area contributed by atoms with Crippen LogP contribution in [0.2, 0.25) is 0 Å². The summed E-state index contributed by atoms with van der Waals surface area (Å²) in [7, 11) is 0. The summed E-state index contributed by atoms with van der Waals surface area (Å²) in [6.07, 6.45) is 25.8. The van der Waals surface area contributed by atoms with Crippen LogP contribution < -0.4 is 0 Å². The van der Waals surface area contributed by atoms with Crippen LogP contribution >= 0.6 is 0 Å². The average Bonchev–Trinajstić information content (AvgIpc) is 2.88. The highest BCUT2D eigenvalue weighted by Crippen LogP contribution is 2.46. The molecule has 0 aromatic heterocycles. The van der Waals surface area contributed by atoms with E-state index in [0.29, 0.717) is 10.8 Å². The first-order chi connectivity index (χ1) is 16.8. The molecular weight excluding hydrogens is 436 g/mol. The van der Waals surface area contributed by atoms with Crippen molar-refractivity contribution in [1.82, 2.24) is 0 Å². The molecule has 0 N–H and O–H groups in total. The second-order valence-corrected chi connectivity index (χ2v) is 12.6. The molecule has 2 aliphatic carbocycles. The van der Waals surface area contributed by atoms with E-state index in [2.05, 4.69) is 27.7 Å². The lowest BCUT2D eigenvalue weighted by Crippen LogP contribution is -2.37. The van der Waals surface area contributed by atoms with Crippen molar-refractivity contribution in [3.8, 4) is 0 Å². The highest BCUT2D eigenvalue weighted by molar-refractivity contribution is 4.87. The molecule has 2 rings (SSSR count). The van der Waals surface area contributed by atoms with E-state index in [1.165, 1.54) is 103 Å². The molecule has 0 aliphatic heterocycles. The van der Waals surface area contributed by atoms with E-state index in [1.54, 1.807) is 0 Å². The Morgan fingerprint density at radius 3 is 1.09 bits per heavy atom. The maximum atomic E-state index is 5.91. The molecule has 208 valence electrons. The van der Waals surface area contributed by atoms with Gasteiger partial charge < -0.3 is 0 Å². The average molecular weight is 497 g/mol. The van der Waals surface area contributed by atoms with Crippen LogP contribution in [0.3, 0.4) is 0 Å². The summed E-state index contributed by atoms with van der Waals surface area (Å²) in [5.74, 6) is -0.891. The van der Waals surface area contributed by atoms with Gasteiger partial charge in [-0.2, -0.15) is 9.78 Å². The first-order valence-corrected chi connectivity index (χ1v) is 15.5. The molecule has 2 fully saturated rings. The van der Waals surface area contributed by atoms with Crippen molar-refractivity contribution in [1.29, 1.82) is 0 Å². The van der Waals surface area contributed by atoms with Gasteiger partial charge in [0.25, 0.3) is 0 Å². The summed E-state index contributed by atoms with van der Waals surface area (Å²) in [6.45, 7) is 13.0. The zero-order valence-corrected chi connectivity index (χ0v) is 24.4. The van der Waals surface area contributed by atoms with Gasteiger partial charge in [0, 0.05) is 0 Å². The molecule has 4 nitrogen and oxygen atoms in total. The summed E-state index contributed by atoms with van der Waals surface area (Å²) >= 11 is 0. The first-order valence-electron chi connectivity index (χ1n) is 15.5. The Bertz CT molecular complexity index is 464. The minimum atomic E-state index is -0.891. The fourth-order valence-corrected chi connectivity index (χ4v) is 6.44. The molecule has 0 aromatic carbocycles. The maximum absolute atomic E-state index is 5.91. The third-order valence-corrected chi connectivity index (χ3v) is 9.00. The molecule has 0 heterocycles. The summed E-state index contributed by atoms with van der Waals surface area (Å²) in [6, 6.07) is 0. The number of unbranched alkanes of at least 4 members (excludes halogenated alkanes) is 4. The summed E-state index contributed by atoms with van der Waals surface area (Å²) in [5.41, 5.74) is 1.07. The van der Waals surface area contributed by atoms with Crippen molar-refractivity contribution < 1.29 is 19.6 Å². The molecular formula is C31H60O4. The lowest BCUT2D eigenvalue weighted by atomic mass is 9.67. The Morgan fingerprint density at radius 2 is 0.829 bits per heavy atom. The van der Waals surface area contributed by atoms with E-state index < -0.39 is 5.79 Å². The Balaban J connectivity index is 1.71. The van der Waals surface area contributed by atoms with E-state index in [9.17, 15) is 0 Å². The Hall–Kier alpha value is -0.160. The quantitative estimate of drug-likeness (QED) is 0.107. The summed E-state index contributed by atoms with van der Waals surface area (Å²) in [5, 5.41) is 0. The van der Waals surface area contributed by atoms with Crippen molar-refractivity contribution >= 4 is 0 Å². The fourth-order valence-electron chi connectivity index (χ4n) is 6.44. The lowest BCUT2D eigenvalue weighted by Gasteiger charge is -2.41. The van der Waals surface area contributed by atoms with Gasteiger partial charge in [0.1, 0.15) is 0 Å². The van der Waals surface area contributed by atoms with E-state index in [-0.39, 0.29) is 12.2 Å². The molecule has 0 bridgehead atoms. The van der Waals surface area contributed by atoms with Crippen LogP contribution in [0, 0.1) is 10.8 Å². The van der Waals surface area contributed by atoms with Gasteiger partial charge in [0.2, 0.25) is 5.79 Å². The second-order valence-electron chi connectivity index (χ2n) is 12.6. The summed E-state index contributed by atoms with van der Waals surface area (Å²) < 4.78 is 0. The molecule has 2 saturated carbocycles. The third kappa shape index (κ3) is 11.0. The predicted octanol–water partition coefficient (Wildman–Crippen LogP) is 10.2. The van der Waals surface area contributed by atoms with Crippen molar-refractivity contribution in [2.45, 2.75) is 188 Å². The van der Waals surface area contributed by atoms with Gasteiger partial charge in [-0.1, -0.05) is 79.1 Å². The van der Waals surface area contributed by atoms with Crippen molar-refractivity contribution in [3.63, 3.8) is 0 Å². The van der Waals surface area contributed by atoms with Crippen molar-refractivity contribution in [3.05, 3.63) is 0 Å². The summed E-state index contributed by atoms with van der Waals surface area (Å²) in [4.78, 5) is 23.4. The highest BCUT2D eigenvalue weighted by atomic mass is 17.3. The standard InChI is InChI=1S/C31H60O4/c1-7-11-19-30(20-12-8-2)23-15-27(16-24-30)32-34-29(5,6)35-33-28-17-25-31(26-18-28,21-13-9-3)22-14-10-4/h27-28H,7-26H2,1-6H3. The number of hydrogen-bond acceptors (Lipinski definition) is 4. The Labute approximate surface area is 218 Å². The van der Waals surface area contributed by atoms with Crippen LogP contribution in [0.15, 0.2) is 0 Å². The molecule has 0 spiro atoms. The zero-order valence-electron chi connectivity index (χ0n) is 24.4. The van der Waals surface area contributed by atoms with Gasteiger partial charge in [-0.25, -0.2) is 9.78 Å². The lowest BCUT2D eigenvalue weighted by molar-refractivity contribution is -0.519. The van der Waals surface area contributed by atoms with Crippen molar-refractivity contribution in [2.24, 2.45) is 10.8 Å². The zero-order chi connectivity index (χ0) is 25.6. The molecule has 2 aliphatic rings. The second kappa shape index (κ2) is 15.9. The normalized spacial score (nSPS) is 21.4. The van der Waals surface area contributed by atoms with E-state index in [1.807, 2.05) is 13.8 Å². The van der Waals surface area contributed by atoms with Crippen LogP contribution in [0.1, 0.15) is 170 Å². The topological polar surface area (TPSA) is 36.9 Å². The van der Waals surface area contributed by atoms with E-state index in [4.69, 9.17) is 19.6 Å². The molecule has 0 saturated heterocycles. The van der Waals surface area contributed by atoms with Gasteiger partial charge in [-0.15, -0.1) is 0 Å². The highest BCUT2D eigenvalue weighted by Gasteiger charge is 2.38. The van der Waals surface area contributed by atoms with Gasteiger partial charge >= 0.3 is 0 Å². The van der Waals surface area contributed by atoms with Gasteiger partial charge in [-0.05, 0) is 102 Å². The van der Waals surface area contributed by atoms with Crippen LogP contribution in [-0.2, 0) is 19.6 Å². The number of rotatable bonds is 18. The Morgan fingerprint density at radius 1 is 0.543 bits per heavy atom. The fraction of sp³-hybridized carbons (Fsp3) is 1.00. The molecule has 0 aromatic rings. The molecule has 0 atom stereocenters. The largest absolute Gasteiger partial charge is 0.230 e. The smallest absolute Gasteiger partial charge is 0.228 e. The van der Waals surface area contributed by atoms with Gasteiger partial charge in [-0.3, -0.25) is 0 Å². The molecule has 4 heteroatoms. The van der Waals surface area contributed by atoms with E-state index in [0.717, 1.165) is 25.7 Å². The van der Waals surface area contributed by atoms with Crippen LogP contribution in [0.4, 0.5) is 0 Å². The van der Waals surface area contributed by atoms with Crippen LogP contribution in [-0.4, -0.2) is 18.0 Å². The van der Waals surface area contributed by atoms with Gasteiger partial charge in [0.15, 0.2) is 0 Å². The molecule has 0 unspecified atom stereocenters. The van der Waals surface area contributed by atoms with Gasteiger partial charge in [0.05, 0.1) is 12.2 Å².